The molecule has 0 radical (unpaired) electrons. The van der Waals surface area contributed by atoms with Crippen molar-refractivity contribution in [3.05, 3.63) is 16.3 Å². The predicted molar refractivity (Wildman–Crippen MR) is 117 cm³/mol. The van der Waals surface area contributed by atoms with Gasteiger partial charge in [0.15, 0.2) is 0 Å². The minimum Gasteiger partial charge on any atom is -0.379 e. The third-order valence-corrected chi connectivity index (χ3v) is 7.03. The second-order valence-corrected chi connectivity index (χ2v) is 9.61. The van der Waals surface area contributed by atoms with Crippen molar-refractivity contribution in [3.63, 3.8) is 0 Å². The summed E-state index contributed by atoms with van der Waals surface area (Å²) in [4.78, 5) is 30.8. The van der Waals surface area contributed by atoms with E-state index in [-0.39, 0.29) is 5.91 Å². The minimum absolute atomic E-state index is 0.0757. The average molecular weight is 418 g/mol. The molecule has 1 aliphatic heterocycles. The predicted octanol–water partition coefficient (Wildman–Crippen LogP) is 2.17. The third-order valence-electron chi connectivity index (χ3n) is 5.88. The van der Waals surface area contributed by atoms with E-state index in [1.165, 1.54) is 16.9 Å². The Bertz CT molecular complexity index is 891. The number of rotatable bonds is 5. The summed E-state index contributed by atoms with van der Waals surface area (Å²) in [6.45, 7) is 6.70. The molecule has 158 valence electrons. The first-order chi connectivity index (χ1) is 13.9. The van der Waals surface area contributed by atoms with Gasteiger partial charge in [-0.15, -0.1) is 11.3 Å². The van der Waals surface area contributed by atoms with Crippen molar-refractivity contribution in [2.75, 3.05) is 58.9 Å². The van der Waals surface area contributed by atoms with Gasteiger partial charge in [-0.05, 0) is 30.7 Å². The number of anilines is 1. The molecular formula is C21H31N5O2S. The highest BCUT2D eigenvalue weighted by molar-refractivity contribution is 7.19. The van der Waals surface area contributed by atoms with Crippen molar-refractivity contribution in [2.45, 2.75) is 32.7 Å². The Kier molecular flexibility index (Phi) is 6.03. The normalized spacial score (nSPS) is 19.9. The van der Waals surface area contributed by atoms with Crippen LogP contribution in [0.5, 0.6) is 0 Å². The Labute approximate surface area is 176 Å². The number of hydrogen-bond acceptors (Lipinski definition) is 7. The highest BCUT2D eigenvalue weighted by Crippen LogP contribution is 2.40. The van der Waals surface area contributed by atoms with E-state index in [2.05, 4.69) is 11.8 Å². The molecule has 0 bridgehead atoms. The number of aromatic nitrogens is 2. The Morgan fingerprint density at radius 1 is 1.24 bits per heavy atom. The van der Waals surface area contributed by atoms with E-state index >= 15 is 0 Å². The lowest BCUT2D eigenvalue weighted by atomic mass is 9.89. The molecule has 4 rings (SSSR count). The topological polar surface area (TPSA) is 61.8 Å². The molecule has 2 aliphatic rings. The maximum atomic E-state index is 12.4. The fraction of sp³-hybridized carbons (Fsp3) is 0.667. The molecule has 1 saturated heterocycles. The summed E-state index contributed by atoms with van der Waals surface area (Å²) in [6.07, 6.45) is 3.40. The molecule has 1 aliphatic carbocycles. The second-order valence-electron chi connectivity index (χ2n) is 8.53. The van der Waals surface area contributed by atoms with Gasteiger partial charge in [0.1, 0.15) is 16.5 Å². The number of morpholine rings is 1. The number of aryl methyl sites for hydroxylation is 1. The Balaban J connectivity index is 1.73. The highest BCUT2D eigenvalue weighted by atomic mass is 32.1. The molecule has 0 spiro atoms. The monoisotopic (exact) mass is 417 g/mol. The van der Waals surface area contributed by atoms with E-state index in [1.807, 2.05) is 23.3 Å². The molecule has 0 aromatic carbocycles. The van der Waals surface area contributed by atoms with Crippen molar-refractivity contribution in [1.82, 2.24) is 19.8 Å². The number of likely N-dealkylation sites (N-methyl/N-ethyl adjacent to an activating group) is 2. The summed E-state index contributed by atoms with van der Waals surface area (Å²) >= 11 is 1.82. The van der Waals surface area contributed by atoms with Crippen LogP contribution in [0.2, 0.25) is 0 Å². The van der Waals surface area contributed by atoms with Gasteiger partial charge in [-0.1, -0.05) is 6.92 Å². The number of fused-ring (bicyclic) bond motifs is 3. The number of amides is 1. The summed E-state index contributed by atoms with van der Waals surface area (Å²) in [5.41, 5.74) is 1.40. The van der Waals surface area contributed by atoms with Gasteiger partial charge in [-0.25, -0.2) is 9.97 Å². The van der Waals surface area contributed by atoms with Gasteiger partial charge < -0.3 is 14.5 Å². The molecular weight excluding hydrogens is 386 g/mol. The summed E-state index contributed by atoms with van der Waals surface area (Å²) in [5.74, 6) is 2.53. The third kappa shape index (κ3) is 4.39. The lowest BCUT2D eigenvalue weighted by Gasteiger charge is -2.27. The first-order valence-electron chi connectivity index (χ1n) is 10.4. The molecule has 2 aromatic rings. The highest BCUT2D eigenvalue weighted by Gasteiger charge is 2.26. The van der Waals surface area contributed by atoms with Crippen molar-refractivity contribution < 1.29 is 9.53 Å². The van der Waals surface area contributed by atoms with Crippen LogP contribution in [0.1, 0.15) is 29.6 Å². The lowest BCUT2D eigenvalue weighted by Crippen LogP contribution is -2.37. The second kappa shape index (κ2) is 8.53. The Hall–Kier alpha value is -1.77. The Morgan fingerprint density at radius 2 is 2.00 bits per heavy atom. The van der Waals surface area contributed by atoms with Gasteiger partial charge in [0.2, 0.25) is 5.91 Å². The SMILES string of the molecule is C[C@@H]1CCc2c(sc3nc(CN4CCOCC4)nc(N(C)CC(=O)N(C)C)c23)C1. The number of carbonyl (C=O) groups excluding carboxylic acids is 1. The van der Waals surface area contributed by atoms with Crippen molar-refractivity contribution in [1.29, 1.82) is 0 Å². The van der Waals surface area contributed by atoms with Crippen LogP contribution in [0.3, 0.4) is 0 Å². The van der Waals surface area contributed by atoms with E-state index in [0.29, 0.717) is 12.5 Å². The van der Waals surface area contributed by atoms with Gasteiger partial charge in [0.25, 0.3) is 0 Å². The molecule has 1 fully saturated rings. The Morgan fingerprint density at radius 3 is 2.72 bits per heavy atom. The molecule has 1 amide bonds. The molecule has 0 N–H and O–H groups in total. The van der Waals surface area contributed by atoms with Crippen molar-refractivity contribution >= 4 is 33.3 Å². The molecule has 1 atom stereocenters. The van der Waals surface area contributed by atoms with E-state index < -0.39 is 0 Å². The number of ether oxygens (including phenoxy) is 1. The van der Waals surface area contributed by atoms with Crippen LogP contribution in [-0.4, -0.2) is 79.7 Å². The lowest BCUT2D eigenvalue weighted by molar-refractivity contribution is -0.127. The number of carbonyl (C=O) groups is 1. The molecule has 2 aromatic heterocycles. The molecule has 7 nitrogen and oxygen atoms in total. The van der Waals surface area contributed by atoms with Crippen LogP contribution < -0.4 is 4.90 Å². The molecule has 0 unspecified atom stereocenters. The van der Waals surface area contributed by atoms with E-state index in [4.69, 9.17) is 14.7 Å². The maximum absolute atomic E-state index is 12.4. The first kappa shape index (κ1) is 20.5. The zero-order valence-electron chi connectivity index (χ0n) is 17.9. The van der Waals surface area contributed by atoms with Gasteiger partial charge in [0, 0.05) is 39.1 Å². The summed E-state index contributed by atoms with van der Waals surface area (Å²) < 4.78 is 5.47. The summed E-state index contributed by atoms with van der Waals surface area (Å²) in [5, 5.41) is 1.16. The summed E-state index contributed by atoms with van der Waals surface area (Å²) in [7, 11) is 5.56. The van der Waals surface area contributed by atoms with Gasteiger partial charge in [-0.2, -0.15) is 0 Å². The average Bonchev–Trinajstić information content (AvgIpc) is 3.05. The van der Waals surface area contributed by atoms with Crippen molar-refractivity contribution in [2.24, 2.45) is 5.92 Å². The smallest absolute Gasteiger partial charge is 0.241 e. The number of nitrogens with zero attached hydrogens (tertiary/aromatic N) is 5. The van der Waals surface area contributed by atoms with E-state index in [1.54, 1.807) is 19.0 Å². The summed E-state index contributed by atoms with van der Waals surface area (Å²) in [6, 6.07) is 0. The van der Waals surface area contributed by atoms with Gasteiger partial charge >= 0.3 is 0 Å². The number of thiophene rings is 1. The van der Waals surface area contributed by atoms with Gasteiger partial charge in [0.05, 0.1) is 31.7 Å². The van der Waals surface area contributed by atoms with Crippen LogP contribution in [0.15, 0.2) is 0 Å². The zero-order chi connectivity index (χ0) is 20.5. The molecule has 29 heavy (non-hydrogen) atoms. The number of hydrogen-bond donors (Lipinski definition) is 0. The maximum Gasteiger partial charge on any atom is 0.241 e. The molecule has 0 saturated carbocycles. The quantitative estimate of drug-likeness (QED) is 0.743. The minimum atomic E-state index is 0.0757. The van der Waals surface area contributed by atoms with Gasteiger partial charge in [-0.3, -0.25) is 9.69 Å². The van der Waals surface area contributed by atoms with Crippen LogP contribution in [0.4, 0.5) is 5.82 Å². The molecule has 8 heteroatoms. The standard InChI is InChI=1S/C21H31N5O2S/c1-14-5-6-15-16(11-14)29-21-19(15)20(25(4)13-18(27)24(2)3)22-17(23-21)12-26-7-9-28-10-8-26/h14H,5-13H2,1-4H3/t14-/m1/s1. The van der Waals surface area contributed by atoms with Crippen molar-refractivity contribution in [3.8, 4) is 0 Å². The van der Waals surface area contributed by atoms with Crippen LogP contribution >= 0.6 is 11.3 Å². The zero-order valence-corrected chi connectivity index (χ0v) is 18.7. The van der Waals surface area contributed by atoms with Crippen LogP contribution in [0.25, 0.3) is 10.2 Å². The largest absolute Gasteiger partial charge is 0.379 e. The van der Waals surface area contributed by atoms with E-state index in [9.17, 15) is 4.79 Å². The van der Waals surface area contributed by atoms with E-state index in [0.717, 1.165) is 67.5 Å². The van der Waals surface area contributed by atoms with Crippen LogP contribution in [0, 0.1) is 5.92 Å². The fourth-order valence-electron chi connectivity index (χ4n) is 4.09. The molecule has 3 heterocycles. The van der Waals surface area contributed by atoms with Crippen LogP contribution in [-0.2, 0) is 28.9 Å². The first-order valence-corrected chi connectivity index (χ1v) is 11.3. The fourth-order valence-corrected chi connectivity index (χ4v) is 5.49.